The van der Waals surface area contributed by atoms with Gasteiger partial charge < -0.3 is 10.2 Å². The Morgan fingerprint density at radius 3 is 3.11 bits per heavy atom. The summed E-state index contributed by atoms with van der Waals surface area (Å²) >= 11 is 0. The molecule has 1 fully saturated rings. The zero-order valence-electron chi connectivity index (χ0n) is 11.5. The van der Waals surface area contributed by atoms with Crippen LogP contribution in [-0.2, 0) is 0 Å². The van der Waals surface area contributed by atoms with Gasteiger partial charge in [0.25, 0.3) is 0 Å². The van der Waals surface area contributed by atoms with Crippen molar-refractivity contribution >= 4 is 11.5 Å². The van der Waals surface area contributed by atoms with Gasteiger partial charge in [0.2, 0.25) is 5.65 Å². The Hall–Kier alpha value is -1.69. The first kappa shape index (κ1) is 12.3. The Balaban J connectivity index is 1.74. The van der Waals surface area contributed by atoms with Crippen LogP contribution in [0.4, 0.5) is 5.82 Å². The first-order valence-corrected chi connectivity index (χ1v) is 6.86. The van der Waals surface area contributed by atoms with Gasteiger partial charge in [-0.3, -0.25) is 4.40 Å². The summed E-state index contributed by atoms with van der Waals surface area (Å²) in [7, 11) is 2.20. The lowest BCUT2D eigenvalue weighted by molar-refractivity contribution is 0.194. The van der Waals surface area contributed by atoms with Crippen LogP contribution in [0.2, 0.25) is 0 Å². The van der Waals surface area contributed by atoms with E-state index in [1.165, 1.54) is 25.8 Å². The van der Waals surface area contributed by atoms with E-state index in [0.29, 0.717) is 6.04 Å². The molecule has 2 aromatic rings. The van der Waals surface area contributed by atoms with E-state index in [9.17, 15) is 0 Å². The normalized spacial score (nSPS) is 20.8. The van der Waals surface area contributed by atoms with Gasteiger partial charge in [0.15, 0.2) is 5.82 Å². The van der Waals surface area contributed by atoms with Crippen molar-refractivity contribution in [3.8, 4) is 0 Å². The summed E-state index contributed by atoms with van der Waals surface area (Å²) in [5.74, 6) is 1.71. The largest absolute Gasteiger partial charge is 0.365 e. The number of aryl methyl sites for hydroxylation is 1. The minimum Gasteiger partial charge on any atom is -0.365 e. The number of nitrogens with zero attached hydrogens (tertiary/aromatic N) is 5. The molecule has 3 heterocycles. The first-order valence-electron chi connectivity index (χ1n) is 6.86. The standard InChI is InChI=1S/C13H20N6/c1-10-16-17-13-12(14-6-8-19(10)13)15-9-11-5-3-4-7-18(11)2/h6,8,11H,3-5,7,9H2,1-2H3,(H,14,15). The number of likely N-dealkylation sites (N-methyl/N-ethyl adjacent to an activating group) is 1. The number of likely N-dealkylation sites (tertiary alicyclic amines) is 1. The average molecular weight is 260 g/mol. The smallest absolute Gasteiger partial charge is 0.203 e. The van der Waals surface area contributed by atoms with E-state index in [1.54, 1.807) is 6.20 Å². The third-order valence-electron chi connectivity index (χ3n) is 3.92. The number of hydrogen-bond donors (Lipinski definition) is 1. The summed E-state index contributed by atoms with van der Waals surface area (Å²) in [5, 5.41) is 11.7. The van der Waals surface area contributed by atoms with Gasteiger partial charge in [0, 0.05) is 25.0 Å². The minimum atomic E-state index is 0.583. The van der Waals surface area contributed by atoms with Crippen LogP contribution >= 0.6 is 0 Å². The fraction of sp³-hybridized carbons (Fsp3) is 0.615. The SMILES string of the molecule is Cc1nnc2c(NCC3CCCCN3C)nccn12. The van der Waals surface area contributed by atoms with Crippen LogP contribution in [0.3, 0.4) is 0 Å². The number of anilines is 1. The summed E-state index contributed by atoms with van der Waals surface area (Å²) in [6.07, 6.45) is 7.56. The van der Waals surface area contributed by atoms with Crippen LogP contribution < -0.4 is 5.32 Å². The van der Waals surface area contributed by atoms with Crippen molar-refractivity contribution in [2.24, 2.45) is 0 Å². The maximum atomic E-state index is 4.38. The lowest BCUT2D eigenvalue weighted by Crippen LogP contribution is -2.40. The quantitative estimate of drug-likeness (QED) is 0.902. The Morgan fingerprint density at radius 2 is 2.26 bits per heavy atom. The molecule has 6 heteroatoms. The minimum absolute atomic E-state index is 0.583. The second kappa shape index (κ2) is 5.13. The third-order valence-corrected chi connectivity index (χ3v) is 3.92. The molecule has 2 aromatic heterocycles. The van der Waals surface area contributed by atoms with Gasteiger partial charge in [-0.2, -0.15) is 0 Å². The van der Waals surface area contributed by atoms with Crippen molar-refractivity contribution in [3.63, 3.8) is 0 Å². The van der Waals surface area contributed by atoms with Crippen molar-refractivity contribution in [3.05, 3.63) is 18.2 Å². The van der Waals surface area contributed by atoms with Crippen LogP contribution in [0.5, 0.6) is 0 Å². The fourth-order valence-electron chi connectivity index (χ4n) is 2.68. The third kappa shape index (κ3) is 2.40. The monoisotopic (exact) mass is 260 g/mol. The predicted octanol–water partition coefficient (Wildman–Crippen LogP) is 1.33. The Bertz CT molecular complexity index is 563. The first-order chi connectivity index (χ1) is 9.25. The molecule has 0 saturated carbocycles. The summed E-state index contributed by atoms with van der Waals surface area (Å²) in [5.41, 5.74) is 0.804. The van der Waals surface area contributed by atoms with E-state index >= 15 is 0 Å². The Labute approximate surface area is 112 Å². The number of hydrogen-bond acceptors (Lipinski definition) is 5. The van der Waals surface area contributed by atoms with Crippen molar-refractivity contribution in [1.29, 1.82) is 0 Å². The lowest BCUT2D eigenvalue weighted by Gasteiger charge is -2.32. The van der Waals surface area contributed by atoms with Gasteiger partial charge >= 0.3 is 0 Å². The van der Waals surface area contributed by atoms with E-state index in [2.05, 4.69) is 32.4 Å². The maximum Gasteiger partial charge on any atom is 0.203 e. The van der Waals surface area contributed by atoms with E-state index in [-0.39, 0.29) is 0 Å². The summed E-state index contributed by atoms with van der Waals surface area (Å²) in [6.45, 7) is 4.04. The highest BCUT2D eigenvalue weighted by molar-refractivity contribution is 5.61. The van der Waals surface area contributed by atoms with E-state index in [4.69, 9.17) is 0 Å². The fourth-order valence-corrected chi connectivity index (χ4v) is 2.68. The molecule has 1 aliphatic rings. The molecule has 6 nitrogen and oxygen atoms in total. The molecule has 1 aliphatic heterocycles. The van der Waals surface area contributed by atoms with Gasteiger partial charge in [0.1, 0.15) is 5.82 Å². The summed E-state index contributed by atoms with van der Waals surface area (Å²) < 4.78 is 1.96. The molecular formula is C13H20N6. The highest BCUT2D eigenvalue weighted by atomic mass is 15.3. The van der Waals surface area contributed by atoms with E-state index in [1.807, 2.05) is 17.5 Å². The van der Waals surface area contributed by atoms with Gasteiger partial charge in [0.05, 0.1) is 0 Å². The van der Waals surface area contributed by atoms with E-state index in [0.717, 1.165) is 23.8 Å². The molecule has 0 aromatic carbocycles. The molecule has 0 radical (unpaired) electrons. The summed E-state index contributed by atoms with van der Waals surface area (Å²) in [6, 6.07) is 0.583. The second-order valence-corrected chi connectivity index (χ2v) is 5.23. The zero-order valence-corrected chi connectivity index (χ0v) is 11.5. The van der Waals surface area contributed by atoms with Gasteiger partial charge in [-0.05, 0) is 33.4 Å². The molecular weight excluding hydrogens is 240 g/mol. The molecule has 1 atom stereocenters. The number of rotatable bonds is 3. The molecule has 0 spiro atoms. The van der Waals surface area contributed by atoms with Crippen LogP contribution in [0.15, 0.2) is 12.4 Å². The molecule has 3 rings (SSSR count). The highest BCUT2D eigenvalue weighted by Gasteiger charge is 2.19. The maximum absolute atomic E-state index is 4.38. The topological polar surface area (TPSA) is 58.4 Å². The molecule has 1 unspecified atom stereocenters. The second-order valence-electron chi connectivity index (χ2n) is 5.23. The average Bonchev–Trinajstić information content (AvgIpc) is 2.81. The van der Waals surface area contributed by atoms with Gasteiger partial charge in [-0.1, -0.05) is 6.42 Å². The molecule has 0 aliphatic carbocycles. The van der Waals surface area contributed by atoms with Crippen molar-refractivity contribution in [1.82, 2.24) is 24.5 Å². The summed E-state index contributed by atoms with van der Waals surface area (Å²) in [4.78, 5) is 6.80. The van der Waals surface area contributed by atoms with Gasteiger partial charge in [-0.15, -0.1) is 10.2 Å². The molecule has 1 saturated heterocycles. The number of fused-ring (bicyclic) bond motifs is 1. The zero-order chi connectivity index (χ0) is 13.2. The molecule has 0 bridgehead atoms. The predicted molar refractivity (Wildman–Crippen MR) is 74.3 cm³/mol. The molecule has 0 amide bonds. The molecule has 102 valence electrons. The van der Waals surface area contributed by atoms with E-state index < -0.39 is 0 Å². The van der Waals surface area contributed by atoms with Crippen LogP contribution in [0.25, 0.3) is 5.65 Å². The Kier molecular flexibility index (Phi) is 3.33. The highest BCUT2D eigenvalue weighted by Crippen LogP contribution is 2.17. The Morgan fingerprint density at radius 1 is 1.37 bits per heavy atom. The molecule has 1 N–H and O–H groups in total. The number of aromatic nitrogens is 4. The molecule has 19 heavy (non-hydrogen) atoms. The van der Waals surface area contributed by atoms with Gasteiger partial charge in [-0.25, -0.2) is 4.98 Å². The lowest BCUT2D eigenvalue weighted by atomic mass is 10.0. The van der Waals surface area contributed by atoms with Crippen molar-refractivity contribution in [2.45, 2.75) is 32.2 Å². The van der Waals surface area contributed by atoms with Crippen molar-refractivity contribution in [2.75, 3.05) is 25.5 Å². The number of nitrogens with one attached hydrogen (secondary N) is 1. The van der Waals surface area contributed by atoms with Crippen LogP contribution in [0, 0.1) is 6.92 Å². The van der Waals surface area contributed by atoms with Crippen LogP contribution in [0.1, 0.15) is 25.1 Å². The van der Waals surface area contributed by atoms with Crippen LogP contribution in [-0.4, -0.2) is 50.7 Å². The van der Waals surface area contributed by atoms with Crippen molar-refractivity contribution < 1.29 is 0 Å². The number of piperidine rings is 1.